The summed E-state index contributed by atoms with van der Waals surface area (Å²) in [7, 11) is 4.22. The van der Waals surface area contributed by atoms with Gasteiger partial charge in [0.05, 0.1) is 6.61 Å². The minimum absolute atomic E-state index is 0.156. The number of hydrogen-bond acceptors (Lipinski definition) is 1. The highest BCUT2D eigenvalue weighted by atomic mass is 31.0. The van der Waals surface area contributed by atoms with Crippen LogP contribution in [-0.2, 0) is 17.5 Å². The van der Waals surface area contributed by atoms with Crippen LogP contribution >= 0.6 is 9.24 Å². The lowest BCUT2D eigenvalue weighted by Crippen LogP contribution is -1.94. The van der Waals surface area contributed by atoms with Crippen LogP contribution in [0.2, 0.25) is 0 Å². The molecule has 100 valence electrons. The topological polar surface area (TPSA) is 9.23 Å². The van der Waals surface area contributed by atoms with Crippen LogP contribution in [0.3, 0.4) is 0 Å². The Morgan fingerprint density at radius 1 is 1.11 bits per heavy atom. The van der Waals surface area contributed by atoms with E-state index < -0.39 is 0 Å². The second-order valence-electron chi connectivity index (χ2n) is 4.60. The van der Waals surface area contributed by atoms with Crippen LogP contribution in [0.25, 0.3) is 11.1 Å². The van der Waals surface area contributed by atoms with Gasteiger partial charge in [0.1, 0.15) is 5.82 Å². The highest BCUT2D eigenvalue weighted by Gasteiger charge is 2.08. The van der Waals surface area contributed by atoms with Crippen molar-refractivity contribution in [2.45, 2.75) is 19.7 Å². The summed E-state index contributed by atoms with van der Waals surface area (Å²) in [5, 5.41) is 0. The predicted octanol–water partition coefficient (Wildman–Crippen LogP) is 4.32. The van der Waals surface area contributed by atoms with E-state index in [1.54, 1.807) is 13.2 Å². The smallest absolute Gasteiger partial charge is 0.127 e. The fourth-order valence-electron chi connectivity index (χ4n) is 2.16. The Labute approximate surface area is 116 Å². The number of benzene rings is 2. The van der Waals surface area contributed by atoms with Gasteiger partial charge in [-0.25, -0.2) is 4.39 Å². The van der Waals surface area contributed by atoms with Crippen molar-refractivity contribution in [1.82, 2.24) is 0 Å². The van der Waals surface area contributed by atoms with E-state index in [0.29, 0.717) is 18.3 Å². The molecular weight excluding hydrogens is 258 g/mol. The molecule has 3 heteroatoms. The van der Waals surface area contributed by atoms with Crippen molar-refractivity contribution in [3.63, 3.8) is 0 Å². The van der Waals surface area contributed by atoms with Gasteiger partial charge in [-0.15, -0.1) is 9.24 Å². The molecule has 0 saturated carbocycles. The van der Waals surface area contributed by atoms with Gasteiger partial charge in [0.25, 0.3) is 0 Å². The Hall–Kier alpha value is -1.24. The normalized spacial score (nSPS) is 10.7. The molecular formula is C16H18FOP. The minimum atomic E-state index is -0.156. The van der Waals surface area contributed by atoms with E-state index in [0.717, 1.165) is 16.7 Å². The molecule has 1 nitrogen and oxygen atoms in total. The number of ether oxygens (including phenoxy) is 1. The molecule has 0 saturated heterocycles. The Morgan fingerprint density at radius 3 is 2.53 bits per heavy atom. The molecule has 0 heterocycles. The summed E-state index contributed by atoms with van der Waals surface area (Å²) in [6.45, 7) is 2.57. The van der Waals surface area contributed by atoms with E-state index in [4.69, 9.17) is 4.74 Å². The van der Waals surface area contributed by atoms with Crippen LogP contribution in [-0.4, -0.2) is 7.11 Å². The summed E-state index contributed by atoms with van der Waals surface area (Å²) < 4.78 is 19.1. The summed E-state index contributed by atoms with van der Waals surface area (Å²) in [6.07, 6.45) is 0.630. The molecule has 0 aliphatic rings. The van der Waals surface area contributed by atoms with Crippen molar-refractivity contribution in [2.75, 3.05) is 7.11 Å². The first-order chi connectivity index (χ1) is 9.15. The fourth-order valence-corrected chi connectivity index (χ4v) is 2.49. The lowest BCUT2D eigenvalue weighted by molar-refractivity contribution is 0.185. The lowest BCUT2D eigenvalue weighted by Gasteiger charge is -2.11. The molecule has 0 spiro atoms. The zero-order chi connectivity index (χ0) is 13.8. The largest absolute Gasteiger partial charge is 0.380 e. The predicted molar refractivity (Wildman–Crippen MR) is 80.7 cm³/mol. The molecule has 19 heavy (non-hydrogen) atoms. The molecule has 2 aromatic carbocycles. The van der Waals surface area contributed by atoms with Crippen molar-refractivity contribution >= 4 is 9.24 Å². The van der Waals surface area contributed by atoms with Crippen molar-refractivity contribution in [1.29, 1.82) is 0 Å². The van der Waals surface area contributed by atoms with Crippen molar-refractivity contribution in [2.24, 2.45) is 0 Å². The second kappa shape index (κ2) is 6.27. The van der Waals surface area contributed by atoms with Gasteiger partial charge in [0.15, 0.2) is 0 Å². The van der Waals surface area contributed by atoms with Crippen LogP contribution in [0.4, 0.5) is 4.39 Å². The van der Waals surface area contributed by atoms with Crippen molar-refractivity contribution in [3.05, 3.63) is 58.9 Å². The van der Waals surface area contributed by atoms with Crippen LogP contribution in [0.1, 0.15) is 16.7 Å². The maximum atomic E-state index is 13.9. The molecule has 0 radical (unpaired) electrons. The molecule has 1 unspecified atom stereocenters. The quantitative estimate of drug-likeness (QED) is 0.755. The standard InChI is InChI=1S/C16H18FOP/c1-11-3-6-15(14(7-11)9-18-2)12-4-5-13(10-19)16(17)8-12/h3-8H,9-10,19H2,1-2H3. The third-order valence-corrected chi connectivity index (χ3v) is 3.58. The molecule has 0 aliphatic heterocycles. The van der Waals surface area contributed by atoms with Crippen LogP contribution in [0.15, 0.2) is 36.4 Å². The summed E-state index contributed by atoms with van der Waals surface area (Å²) in [4.78, 5) is 0. The zero-order valence-electron chi connectivity index (χ0n) is 11.2. The van der Waals surface area contributed by atoms with Crippen molar-refractivity contribution in [3.8, 4) is 11.1 Å². The average Bonchev–Trinajstić information content (AvgIpc) is 2.39. The Kier molecular flexibility index (Phi) is 4.68. The SMILES string of the molecule is COCc1cc(C)ccc1-c1ccc(CP)c(F)c1. The average molecular weight is 276 g/mol. The molecule has 0 amide bonds. The first-order valence-corrected chi connectivity index (χ1v) is 7.04. The van der Waals surface area contributed by atoms with Gasteiger partial charge in [-0.1, -0.05) is 35.9 Å². The van der Waals surface area contributed by atoms with E-state index in [1.807, 2.05) is 31.2 Å². The monoisotopic (exact) mass is 276 g/mol. The highest BCUT2D eigenvalue weighted by molar-refractivity contribution is 7.15. The van der Waals surface area contributed by atoms with Crippen LogP contribution < -0.4 is 0 Å². The zero-order valence-corrected chi connectivity index (χ0v) is 12.4. The van der Waals surface area contributed by atoms with Gasteiger partial charge >= 0.3 is 0 Å². The van der Waals surface area contributed by atoms with E-state index in [2.05, 4.69) is 15.3 Å². The van der Waals surface area contributed by atoms with Gasteiger partial charge < -0.3 is 4.74 Å². The highest BCUT2D eigenvalue weighted by Crippen LogP contribution is 2.27. The van der Waals surface area contributed by atoms with Gasteiger partial charge in [0.2, 0.25) is 0 Å². The molecule has 0 N–H and O–H groups in total. The first-order valence-electron chi connectivity index (χ1n) is 6.23. The van der Waals surface area contributed by atoms with E-state index >= 15 is 0 Å². The Morgan fingerprint density at radius 2 is 1.89 bits per heavy atom. The van der Waals surface area contributed by atoms with E-state index in [-0.39, 0.29) is 5.82 Å². The number of halogens is 1. The lowest BCUT2D eigenvalue weighted by atomic mass is 9.97. The molecule has 0 bridgehead atoms. The number of aryl methyl sites for hydroxylation is 1. The maximum Gasteiger partial charge on any atom is 0.127 e. The van der Waals surface area contributed by atoms with Gasteiger partial charge in [-0.3, -0.25) is 0 Å². The minimum Gasteiger partial charge on any atom is -0.380 e. The molecule has 2 aromatic rings. The number of hydrogen-bond donors (Lipinski definition) is 0. The van der Waals surface area contributed by atoms with Crippen LogP contribution in [0.5, 0.6) is 0 Å². The van der Waals surface area contributed by atoms with Gasteiger partial charge in [0, 0.05) is 7.11 Å². The summed E-state index contributed by atoms with van der Waals surface area (Å²) >= 11 is 0. The number of methoxy groups -OCH3 is 1. The van der Waals surface area contributed by atoms with E-state index in [1.165, 1.54) is 5.56 Å². The third kappa shape index (κ3) is 3.20. The summed E-state index contributed by atoms with van der Waals surface area (Å²) in [6, 6.07) is 11.6. The molecule has 1 atom stereocenters. The maximum absolute atomic E-state index is 13.9. The summed E-state index contributed by atoms with van der Waals surface area (Å²) in [5.41, 5.74) is 4.90. The molecule has 0 fully saturated rings. The van der Waals surface area contributed by atoms with Gasteiger partial charge in [-0.2, -0.15) is 0 Å². The fraction of sp³-hybridized carbons (Fsp3) is 0.250. The van der Waals surface area contributed by atoms with Gasteiger partial charge in [-0.05, 0) is 41.4 Å². The summed E-state index contributed by atoms with van der Waals surface area (Å²) in [5.74, 6) is -0.156. The molecule has 2 rings (SSSR count). The number of rotatable bonds is 4. The first kappa shape index (κ1) is 14.2. The van der Waals surface area contributed by atoms with E-state index in [9.17, 15) is 4.39 Å². The van der Waals surface area contributed by atoms with Crippen LogP contribution in [0, 0.1) is 12.7 Å². The van der Waals surface area contributed by atoms with Crippen molar-refractivity contribution < 1.29 is 9.13 Å². The third-order valence-electron chi connectivity index (χ3n) is 3.14. The molecule has 0 aromatic heterocycles. The molecule has 0 aliphatic carbocycles. The Balaban J connectivity index is 2.48. The second-order valence-corrected chi connectivity index (χ2v) is 5.01. The Bertz CT molecular complexity index is 581.